The van der Waals surface area contributed by atoms with Gasteiger partial charge in [0, 0.05) is 51.4 Å². The Morgan fingerprint density at radius 3 is 2.80 bits per heavy atom. The molecule has 1 unspecified atom stereocenters. The quantitative estimate of drug-likeness (QED) is 0.196. The number of nitrogens with one attached hydrogen (secondary N) is 2. The Morgan fingerprint density at radius 2 is 2.13 bits per heavy atom. The molecule has 2 fully saturated rings. The highest BCUT2D eigenvalue weighted by molar-refractivity contribution is 14.0. The van der Waals surface area contributed by atoms with Crippen LogP contribution < -0.4 is 15.4 Å². The average molecular weight is 531 g/mol. The van der Waals surface area contributed by atoms with Crippen LogP contribution >= 0.6 is 24.0 Å². The molecule has 0 bridgehead atoms. The predicted molar refractivity (Wildman–Crippen MR) is 132 cm³/mol. The largest absolute Gasteiger partial charge is 0.493 e. The second-order valence-electron chi connectivity index (χ2n) is 8.38. The maximum atomic E-state index is 6.15. The lowest BCUT2D eigenvalue weighted by Gasteiger charge is -2.19. The van der Waals surface area contributed by atoms with Crippen molar-refractivity contribution >= 4 is 29.9 Å². The van der Waals surface area contributed by atoms with E-state index in [1.54, 1.807) is 0 Å². The summed E-state index contributed by atoms with van der Waals surface area (Å²) in [5.74, 6) is 2.29. The van der Waals surface area contributed by atoms with Crippen molar-refractivity contribution < 1.29 is 14.2 Å². The predicted octanol–water partition coefficient (Wildman–Crippen LogP) is 3.90. The van der Waals surface area contributed by atoms with Gasteiger partial charge in [-0.3, -0.25) is 4.99 Å². The average Bonchev–Trinajstić information content (AvgIpc) is 3.29. The normalized spacial score (nSPS) is 19.8. The summed E-state index contributed by atoms with van der Waals surface area (Å²) in [6.07, 6.45) is 4.74. The summed E-state index contributed by atoms with van der Waals surface area (Å²) in [5, 5.41) is 6.95. The molecule has 0 spiro atoms. The van der Waals surface area contributed by atoms with Gasteiger partial charge < -0.3 is 24.8 Å². The van der Waals surface area contributed by atoms with Crippen LogP contribution in [0.5, 0.6) is 5.75 Å². The molecule has 2 N–H and O–H groups in total. The molecule has 1 saturated carbocycles. The summed E-state index contributed by atoms with van der Waals surface area (Å²) in [6.45, 7) is 9.79. The summed E-state index contributed by atoms with van der Waals surface area (Å²) in [6, 6.07) is 6.39. The molecule has 1 heterocycles. The number of halogens is 1. The van der Waals surface area contributed by atoms with E-state index < -0.39 is 0 Å². The van der Waals surface area contributed by atoms with Gasteiger partial charge in [-0.25, -0.2) is 0 Å². The van der Waals surface area contributed by atoms with E-state index in [1.165, 1.54) is 18.4 Å². The first-order chi connectivity index (χ1) is 14.1. The highest BCUT2D eigenvalue weighted by Crippen LogP contribution is 2.48. The van der Waals surface area contributed by atoms with Gasteiger partial charge in [0.05, 0.1) is 13.2 Å². The van der Waals surface area contributed by atoms with Crippen LogP contribution in [0, 0.1) is 18.3 Å². The van der Waals surface area contributed by atoms with E-state index in [9.17, 15) is 0 Å². The minimum Gasteiger partial charge on any atom is -0.493 e. The van der Waals surface area contributed by atoms with Crippen LogP contribution in [0.1, 0.15) is 43.7 Å². The second kappa shape index (κ2) is 12.7. The van der Waals surface area contributed by atoms with Crippen molar-refractivity contribution in [2.45, 2.75) is 46.1 Å². The van der Waals surface area contributed by atoms with E-state index in [4.69, 9.17) is 14.2 Å². The molecule has 7 heteroatoms. The molecule has 1 atom stereocenters. The van der Waals surface area contributed by atoms with E-state index in [0.717, 1.165) is 63.1 Å². The topological polar surface area (TPSA) is 64.1 Å². The molecule has 3 rings (SSSR count). The fourth-order valence-corrected chi connectivity index (χ4v) is 3.66. The number of rotatable bonds is 11. The molecule has 1 aromatic rings. The number of guanidine groups is 1. The van der Waals surface area contributed by atoms with Crippen molar-refractivity contribution in [3.63, 3.8) is 0 Å². The van der Waals surface area contributed by atoms with Gasteiger partial charge in [-0.1, -0.05) is 12.1 Å². The van der Waals surface area contributed by atoms with Gasteiger partial charge in [0.15, 0.2) is 5.96 Å². The van der Waals surface area contributed by atoms with Crippen LogP contribution in [0.15, 0.2) is 23.2 Å². The molecule has 2 aliphatic rings. The maximum Gasteiger partial charge on any atom is 0.191 e. The molecular weight excluding hydrogens is 493 g/mol. The Balaban J connectivity index is 0.00000320. The highest BCUT2D eigenvalue weighted by Gasteiger charge is 2.41. The van der Waals surface area contributed by atoms with Crippen molar-refractivity contribution in [3.05, 3.63) is 29.3 Å². The fraction of sp³-hybridized carbons (Fsp3) is 0.696. The van der Waals surface area contributed by atoms with Crippen molar-refractivity contribution in [1.82, 2.24) is 10.6 Å². The Bertz CT molecular complexity index is 674. The highest BCUT2D eigenvalue weighted by atomic mass is 127. The molecule has 1 aliphatic carbocycles. The lowest BCUT2D eigenvalue weighted by molar-refractivity contribution is 0.128. The summed E-state index contributed by atoms with van der Waals surface area (Å²) in [4.78, 5) is 4.39. The Hall–Kier alpha value is -1.06. The fourth-order valence-electron chi connectivity index (χ4n) is 3.66. The first-order valence-corrected chi connectivity index (χ1v) is 11.0. The van der Waals surface area contributed by atoms with Crippen molar-refractivity contribution in [2.75, 3.05) is 46.6 Å². The lowest BCUT2D eigenvalue weighted by atomic mass is 10.0. The molecule has 0 radical (unpaired) electrons. The van der Waals surface area contributed by atoms with E-state index in [0.29, 0.717) is 24.5 Å². The zero-order valence-corrected chi connectivity index (χ0v) is 21.0. The van der Waals surface area contributed by atoms with E-state index in [1.807, 2.05) is 14.0 Å². The van der Waals surface area contributed by atoms with E-state index in [-0.39, 0.29) is 24.0 Å². The Morgan fingerprint density at radius 1 is 1.30 bits per heavy atom. The molecule has 0 aromatic heterocycles. The smallest absolute Gasteiger partial charge is 0.191 e. The summed E-state index contributed by atoms with van der Waals surface area (Å²) >= 11 is 0. The number of aryl methyl sites for hydroxylation is 1. The van der Waals surface area contributed by atoms with Gasteiger partial charge in [-0.05, 0) is 56.6 Å². The first-order valence-electron chi connectivity index (χ1n) is 11.0. The third kappa shape index (κ3) is 7.89. The summed E-state index contributed by atoms with van der Waals surface area (Å²) < 4.78 is 17.1. The van der Waals surface area contributed by atoms with Crippen molar-refractivity contribution in [3.8, 4) is 5.75 Å². The van der Waals surface area contributed by atoms with Crippen LogP contribution in [-0.2, 0) is 16.0 Å². The summed E-state index contributed by atoms with van der Waals surface area (Å²) in [7, 11) is 1.82. The van der Waals surface area contributed by atoms with Gasteiger partial charge in [0.1, 0.15) is 5.75 Å². The molecule has 0 amide bonds. The third-order valence-electron chi connectivity index (χ3n) is 5.96. The first kappa shape index (κ1) is 25.2. The number of ether oxygens (including phenoxy) is 3. The molecule has 30 heavy (non-hydrogen) atoms. The lowest BCUT2D eigenvalue weighted by Crippen LogP contribution is -2.40. The number of aliphatic imine (C=N–C) groups is 1. The van der Waals surface area contributed by atoms with Crippen LogP contribution in [0.2, 0.25) is 0 Å². The Kier molecular flexibility index (Phi) is 10.7. The number of hydrogen-bond donors (Lipinski definition) is 2. The SMILES string of the molecule is CCOCCC1(CNC(=NC)NCc2ccc(C)cc2OCC2CCOC2)CC1.I. The van der Waals surface area contributed by atoms with E-state index in [2.05, 4.69) is 40.7 Å². The van der Waals surface area contributed by atoms with Crippen LogP contribution in [-0.4, -0.2) is 52.6 Å². The maximum absolute atomic E-state index is 6.15. The monoisotopic (exact) mass is 531 g/mol. The van der Waals surface area contributed by atoms with Crippen molar-refractivity contribution in [2.24, 2.45) is 16.3 Å². The molecule has 1 saturated heterocycles. The molecule has 1 aromatic carbocycles. The minimum atomic E-state index is 0. The number of hydrogen-bond acceptors (Lipinski definition) is 4. The zero-order chi connectivity index (χ0) is 20.5. The van der Waals surface area contributed by atoms with Crippen molar-refractivity contribution in [1.29, 1.82) is 0 Å². The molecule has 1 aliphatic heterocycles. The third-order valence-corrected chi connectivity index (χ3v) is 5.96. The molecule has 6 nitrogen and oxygen atoms in total. The molecule has 170 valence electrons. The van der Waals surface area contributed by atoms with Crippen LogP contribution in [0.25, 0.3) is 0 Å². The zero-order valence-electron chi connectivity index (χ0n) is 18.7. The van der Waals surface area contributed by atoms with Gasteiger partial charge in [0.25, 0.3) is 0 Å². The second-order valence-corrected chi connectivity index (χ2v) is 8.38. The van der Waals surface area contributed by atoms with Crippen LogP contribution in [0.3, 0.4) is 0 Å². The summed E-state index contributed by atoms with van der Waals surface area (Å²) in [5.41, 5.74) is 2.74. The van der Waals surface area contributed by atoms with E-state index >= 15 is 0 Å². The van der Waals surface area contributed by atoms with Gasteiger partial charge in [-0.15, -0.1) is 24.0 Å². The number of nitrogens with zero attached hydrogens (tertiary/aromatic N) is 1. The van der Waals surface area contributed by atoms with Gasteiger partial charge >= 0.3 is 0 Å². The van der Waals surface area contributed by atoms with Gasteiger partial charge in [-0.2, -0.15) is 0 Å². The number of benzene rings is 1. The standard InChI is InChI=1S/C23H37N3O3.HI/c1-4-27-12-10-23(8-9-23)17-26-22(24-3)25-14-20-6-5-18(2)13-21(20)29-16-19-7-11-28-15-19;/h5-6,13,19H,4,7-12,14-17H2,1-3H3,(H2,24,25,26);1H. The van der Waals surface area contributed by atoms with Crippen LogP contribution in [0.4, 0.5) is 0 Å². The molecular formula is C23H38IN3O3. The minimum absolute atomic E-state index is 0. The Labute approximate surface area is 198 Å². The van der Waals surface area contributed by atoms with Gasteiger partial charge in [0.2, 0.25) is 0 Å².